The van der Waals surface area contributed by atoms with Crippen molar-refractivity contribution >= 4 is 31.5 Å². The van der Waals surface area contributed by atoms with Gasteiger partial charge in [0.05, 0.1) is 0 Å². The van der Waals surface area contributed by atoms with E-state index in [9.17, 15) is 0 Å². The molecule has 0 saturated heterocycles. The first-order valence-electron chi connectivity index (χ1n) is 18.4. The summed E-state index contributed by atoms with van der Waals surface area (Å²) in [7, 11) is 0. The summed E-state index contributed by atoms with van der Waals surface area (Å²) < 4.78 is 2.54. The molecular formula is C51H33N3S. The van der Waals surface area contributed by atoms with Crippen LogP contribution in [0.3, 0.4) is 0 Å². The average molecular weight is 720 g/mol. The van der Waals surface area contributed by atoms with Crippen LogP contribution in [0.4, 0.5) is 0 Å². The van der Waals surface area contributed by atoms with Gasteiger partial charge in [0, 0.05) is 36.9 Å². The van der Waals surface area contributed by atoms with Gasteiger partial charge in [-0.1, -0.05) is 182 Å². The SMILES string of the molecule is c1ccc(-c2ccc(-c3cccc4c3sc3c(-c5cc(-c6ccccc6)cc(-c6nc(-c7ccccc7)nc(-c7ccccc7)n6)c5)cccc34)cc2)cc1. The molecule has 0 N–H and O–H groups in total. The highest BCUT2D eigenvalue weighted by Gasteiger charge is 2.18. The fourth-order valence-electron chi connectivity index (χ4n) is 7.39. The molecule has 0 saturated carbocycles. The molecule has 3 nitrogen and oxygen atoms in total. The lowest BCUT2D eigenvalue weighted by molar-refractivity contribution is 1.07. The summed E-state index contributed by atoms with van der Waals surface area (Å²) in [6.45, 7) is 0. The first-order chi connectivity index (χ1) is 27.2. The van der Waals surface area contributed by atoms with Gasteiger partial charge in [-0.3, -0.25) is 0 Å². The van der Waals surface area contributed by atoms with Gasteiger partial charge in [0.2, 0.25) is 0 Å². The summed E-state index contributed by atoms with van der Waals surface area (Å²) in [5.41, 5.74) is 12.3. The Bertz CT molecular complexity index is 2880. The van der Waals surface area contributed by atoms with Gasteiger partial charge in [-0.25, -0.2) is 15.0 Å². The van der Waals surface area contributed by atoms with E-state index >= 15 is 0 Å². The van der Waals surface area contributed by atoms with Crippen molar-refractivity contribution in [1.29, 1.82) is 0 Å². The number of nitrogens with zero attached hydrogens (tertiary/aromatic N) is 3. The Balaban J connectivity index is 1.15. The van der Waals surface area contributed by atoms with E-state index in [1.54, 1.807) is 0 Å². The Morgan fingerprint density at radius 3 is 1.13 bits per heavy atom. The molecule has 0 fully saturated rings. The van der Waals surface area contributed by atoms with Crippen LogP contribution < -0.4 is 0 Å². The molecule has 10 rings (SSSR count). The third-order valence-electron chi connectivity index (χ3n) is 10.1. The van der Waals surface area contributed by atoms with Gasteiger partial charge in [-0.2, -0.15) is 0 Å². The van der Waals surface area contributed by atoms with Crippen molar-refractivity contribution in [1.82, 2.24) is 15.0 Å². The normalized spacial score (nSPS) is 11.3. The van der Waals surface area contributed by atoms with Crippen molar-refractivity contribution in [3.05, 3.63) is 200 Å². The third kappa shape index (κ3) is 6.29. The summed E-state index contributed by atoms with van der Waals surface area (Å²) in [6.07, 6.45) is 0. The van der Waals surface area contributed by atoms with Gasteiger partial charge in [0.1, 0.15) is 0 Å². The van der Waals surface area contributed by atoms with E-state index in [0.717, 1.165) is 33.4 Å². The van der Waals surface area contributed by atoms with E-state index in [1.165, 1.54) is 48.0 Å². The van der Waals surface area contributed by atoms with Crippen molar-refractivity contribution in [2.24, 2.45) is 0 Å². The zero-order valence-corrected chi connectivity index (χ0v) is 30.6. The molecule has 4 heteroatoms. The molecule has 0 unspecified atom stereocenters. The van der Waals surface area contributed by atoms with Gasteiger partial charge >= 0.3 is 0 Å². The molecule has 55 heavy (non-hydrogen) atoms. The van der Waals surface area contributed by atoms with Crippen molar-refractivity contribution < 1.29 is 0 Å². The topological polar surface area (TPSA) is 38.7 Å². The summed E-state index contributed by atoms with van der Waals surface area (Å²) >= 11 is 1.87. The molecule has 258 valence electrons. The molecule has 0 aliphatic carbocycles. The summed E-state index contributed by atoms with van der Waals surface area (Å²) in [5, 5.41) is 2.52. The second-order valence-corrected chi connectivity index (χ2v) is 14.6. The van der Waals surface area contributed by atoms with Crippen LogP contribution >= 0.6 is 11.3 Å². The maximum Gasteiger partial charge on any atom is 0.164 e. The van der Waals surface area contributed by atoms with Crippen molar-refractivity contribution in [2.45, 2.75) is 0 Å². The van der Waals surface area contributed by atoms with Crippen LogP contribution in [0.15, 0.2) is 200 Å². The largest absolute Gasteiger partial charge is 0.208 e. The van der Waals surface area contributed by atoms with Gasteiger partial charge in [0.25, 0.3) is 0 Å². The molecule has 0 bridgehead atoms. The van der Waals surface area contributed by atoms with Crippen LogP contribution in [-0.4, -0.2) is 15.0 Å². The van der Waals surface area contributed by atoms with Crippen LogP contribution in [0.2, 0.25) is 0 Å². The second kappa shape index (κ2) is 14.1. The highest BCUT2D eigenvalue weighted by atomic mass is 32.1. The third-order valence-corrected chi connectivity index (χ3v) is 11.4. The van der Waals surface area contributed by atoms with Crippen molar-refractivity contribution in [3.63, 3.8) is 0 Å². The van der Waals surface area contributed by atoms with Crippen LogP contribution in [0.25, 0.3) is 98.8 Å². The maximum atomic E-state index is 5.12. The van der Waals surface area contributed by atoms with Gasteiger partial charge in [0.15, 0.2) is 17.5 Å². The van der Waals surface area contributed by atoms with E-state index < -0.39 is 0 Å². The van der Waals surface area contributed by atoms with Gasteiger partial charge in [-0.05, 0) is 62.7 Å². The lowest BCUT2D eigenvalue weighted by atomic mass is 9.94. The molecular weight excluding hydrogens is 687 g/mol. The Morgan fingerprint density at radius 2 is 0.618 bits per heavy atom. The highest BCUT2D eigenvalue weighted by molar-refractivity contribution is 7.26. The number of fused-ring (bicyclic) bond motifs is 3. The number of thiophene rings is 1. The molecule has 0 atom stereocenters. The molecule has 0 amide bonds. The smallest absolute Gasteiger partial charge is 0.164 e. The molecule has 2 aromatic heterocycles. The summed E-state index contributed by atoms with van der Waals surface area (Å²) in [5.74, 6) is 1.93. The van der Waals surface area contributed by atoms with E-state index in [-0.39, 0.29) is 0 Å². The first-order valence-corrected chi connectivity index (χ1v) is 19.3. The Kier molecular flexibility index (Phi) is 8.36. The predicted molar refractivity (Wildman–Crippen MR) is 231 cm³/mol. The van der Waals surface area contributed by atoms with Crippen LogP contribution in [0.5, 0.6) is 0 Å². The second-order valence-electron chi connectivity index (χ2n) is 13.6. The highest BCUT2D eigenvalue weighted by Crippen LogP contribution is 2.45. The standard InChI is InChI=1S/C51H33N3S/c1-5-15-34(16-6-1)36-27-29-37(30-28-36)43-23-13-25-45-46-26-14-24-44(48(46)55-47(43)45)41-31-40(35-17-7-2-8-18-35)32-42(33-41)51-53-49(38-19-9-3-10-20-38)52-50(54-51)39-21-11-4-12-22-39/h1-33H. The number of aromatic nitrogens is 3. The van der Waals surface area contributed by atoms with E-state index in [4.69, 9.17) is 15.0 Å². The van der Waals surface area contributed by atoms with E-state index in [0.29, 0.717) is 17.5 Å². The van der Waals surface area contributed by atoms with Gasteiger partial charge < -0.3 is 0 Å². The zero-order chi connectivity index (χ0) is 36.6. The fraction of sp³-hybridized carbons (Fsp3) is 0. The molecule has 10 aromatic rings. The van der Waals surface area contributed by atoms with Crippen molar-refractivity contribution in [2.75, 3.05) is 0 Å². The average Bonchev–Trinajstić information content (AvgIpc) is 3.67. The van der Waals surface area contributed by atoms with Crippen LogP contribution in [0, 0.1) is 0 Å². The monoisotopic (exact) mass is 719 g/mol. The Hall–Kier alpha value is -7.01. The molecule has 8 aromatic carbocycles. The lowest BCUT2D eigenvalue weighted by Gasteiger charge is -2.13. The number of hydrogen-bond acceptors (Lipinski definition) is 4. The maximum absolute atomic E-state index is 5.12. The summed E-state index contributed by atoms with van der Waals surface area (Å²) in [4.78, 5) is 15.2. The fourth-order valence-corrected chi connectivity index (χ4v) is 8.77. The molecule has 0 aliphatic rings. The summed E-state index contributed by atoms with van der Waals surface area (Å²) in [6, 6.07) is 70.5. The van der Waals surface area contributed by atoms with Crippen LogP contribution in [0.1, 0.15) is 0 Å². The first kappa shape index (κ1) is 32.6. The number of benzene rings is 8. The minimum Gasteiger partial charge on any atom is -0.208 e. The predicted octanol–water partition coefficient (Wildman–Crippen LogP) is 13.9. The number of hydrogen-bond donors (Lipinski definition) is 0. The van der Waals surface area contributed by atoms with E-state index in [1.807, 2.05) is 72.0 Å². The Labute approximate surface area is 323 Å². The van der Waals surface area contributed by atoms with Gasteiger partial charge in [-0.15, -0.1) is 11.3 Å². The quantitative estimate of drug-likeness (QED) is 0.165. The number of rotatable bonds is 7. The molecule has 0 radical (unpaired) electrons. The molecule has 0 spiro atoms. The van der Waals surface area contributed by atoms with Crippen molar-refractivity contribution in [3.8, 4) is 78.7 Å². The minimum atomic E-state index is 0.636. The van der Waals surface area contributed by atoms with E-state index in [2.05, 4.69) is 140 Å². The Morgan fingerprint density at radius 1 is 0.255 bits per heavy atom. The molecule has 0 aliphatic heterocycles. The minimum absolute atomic E-state index is 0.636. The van der Waals surface area contributed by atoms with Crippen LogP contribution in [-0.2, 0) is 0 Å². The molecule has 2 heterocycles. The lowest BCUT2D eigenvalue weighted by Crippen LogP contribution is -2.00. The zero-order valence-electron chi connectivity index (χ0n) is 29.8.